The second-order valence-corrected chi connectivity index (χ2v) is 27.8. The van der Waals surface area contributed by atoms with Gasteiger partial charge in [-0.15, -0.1) is 0 Å². The molecule has 0 aliphatic heterocycles. The minimum Gasteiger partial charge on any atom is -0.466 e. The lowest BCUT2D eigenvalue weighted by atomic mass is 10.0. The van der Waals surface area contributed by atoms with Crippen molar-refractivity contribution in [3.05, 3.63) is 106 Å². The molecule has 0 saturated heterocycles. The highest BCUT2D eigenvalue weighted by Gasteiger charge is 2.17. The predicted molar refractivity (Wildman–Crippen MR) is 405 cm³/mol. The summed E-state index contributed by atoms with van der Waals surface area (Å²) in [5.41, 5.74) is 7.30. The van der Waals surface area contributed by atoms with Crippen LogP contribution in [0.3, 0.4) is 0 Å². The van der Waals surface area contributed by atoms with Gasteiger partial charge in [-0.3, -0.25) is 47.9 Å². The van der Waals surface area contributed by atoms with Gasteiger partial charge in [0.2, 0.25) is 35.4 Å². The molecule has 0 saturated carbocycles. The van der Waals surface area contributed by atoms with Crippen molar-refractivity contribution < 1.29 is 66.9 Å². The van der Waals surface area contributed by atoms with Crippen molar-refractivity contribution in [1.29, 1.82) is 0 Å². The summed E-state index contributed by atoms with van der Waals surface area (Å²) in [5, 5.41) is 16.9. The first-order chi connectivity index (χ1) is 48.1. The van der Waals surface area contributed by atoms with E-state index in [1.165, 1.54) is 34.4 Å². The minimum absolute atomic E-state index is 0.121. The predicted octanol–water partition coefficient (Wildman–Crippen LogP) is 16.7. The van der Waals surface area contributed by atoms with Crippen molar-refractivity contribution in [2.24, 2.45) is 23.7 Å². The molecule has 560 valence electrons. The monoisotopic (exact) mass is 1400 g/mol. The number of allylic oxidation sites excluding steroid dienone is 8. The van der Waals surface area contributed by atoms with Crippen molar-refractivity contribution in [3.63, 3.8) is 0 Å². The highest BCUT2D eigenvalue weighted by molar-refractivity contribution is 5.99. The minimum atomic E-state index is -0.478. The number of ether oxygens (including phenoxy) is 4. The second kappa shape index (κ2) is 53.4. The van der Waals surface area contributed by atoms with Crippen LogP contribution in [-0.2, 0) is 66.9 Å². The van der Waals surface area contributed by atoms with E-state index in [-0.39, 0.29) is 89.6 Å². The van der Waals surface area contributed by atoms with Crippen LogP contribution < -0.4 is 31.9 Å². The molecule has 4 unspecified atom stereocenters. The van der Waals surface area contributed by atoms with Gasteiger partial charge in [0.05, 0.1) is 52.1 Å². The molecular formula is C81H122N6O14. The Bertz CT molecular complexity index is 2740. The number of anilines is 4. The third kappa shape index (κ3) is 49.7. The average molecular weight is 1400 g/mol. The summed E-state index contributed by atoms with van der Waals surface area (Å²) in [5.74, 6) is -2.91. The van der Waals surface area contributed by atoms with Crippen molar-refractivity contribution in [2.75, 3.05) is 60.8 Å². The summed E-state index contributed by atoms with van der Waals surface area (Å²) in [4.78, 5) is 129. The van der Waals surface area contributed by atoms with Gasteiger partial charge in [-0.25, -0.2) is 0 Å². The Labute approximate surface area is 603 Å². The maximum Gasteiger partial charge on any atom is 0.306 e. The van der Waals surface area contributed by atoms with Crippen LogP contribution >= 0.6 is 0 Å². The molecule has 4 atom stereocenters. The SMILES string of the molecule is CC(C)=CCCC(C)CCOC(=O)CCC(=O)Nc1cc(/C=C/C(=O)NCCCCCCCNC(=O)/C=C/c2cc(NC(=O)CCC(=O)OCCC(C)CCC=C(C)C)cc(NC(=O)CCC(=O)OCCC(C)CCC=C(C)C)c2)cc(NC(=O)CCC(=O)OCCC(C)CCC=C(C)C)c1. The van der Waals surface area contributed by atoms with E-state index in [0.29, 0.717) is 83.5 Å². The van der Waals surface area contributed by atoms with Gasteiger partial charge in [-0.1, -0.05) is 93.6 Å². The lowest BCUT2D eigenvalue weighted by Gasteiger charge is -2.12. The van der Waals surface area contributed by atoms with Crippen LogP contribution in [0.2, 0.25) is 0 Å². The maximum absolute atomic E-state index is 13.1. The molecule has 101 heavy (non-hydrogen) atoms. The van der Waals surface area contributed by atoms with Crippen LogP contribution in [-0.4, -0.2) is 98.8 Å². The molecule has 0 aliphatic rings. The topological polar surface area (TPSA) is 280 Å². The van der Waals surface area contributed by atoms with E-state index in [2.05, 4.69) is 139 Å². The molecule has 0 aromatic heterocycles. The van der Waals surface area contributed by atoms with Crippen LogP contribution in [0.25, 0.3) is 12.2 Å². The quantitative estimate of drug-likeness (QED) is 0.0118. The van der Waals surface area contributed by atoms with E-state index in [9.17, 15) is 47.9 Å². The van der Waals surface area contributed by atoms with E-state index in [1.54, 1.807) is 48.6 Å². The van der Waals surface area contributed by atoms with E-state index in [0.717, 1.165) is 96.3 Å². The Kier molecular flexibility index (Phi) is 46.9. The first-order valence-corrected chi connectivity index (χ1v) is 36.7. The number of hydrogen-bond acceptors (Lipinski definition) is 14. The Morgan fingerprint density at radius 2 is 0.564 bits per heavy atom. The van der Waals surface area contributed by atoms with Crippen LogP contribution in [0.4, 0.5) is 22.7 Å². The zero-order valence-electron chi connectivity index (χ0n) is 63.0. The fourth-order valence-electron chi connectivity index (χ4n) is 10.2. The number of benzene rings is 2. The van der Waals surface area contributed by atoms with Crippen molar-refractivity contribution in [1.82, 2.24) is 10.6 Å². The lowest BCUT2D eigenvalue weighted by Crippen LogP contribution is -2.22. The van der Waals surface area contributed by atoms with E-state index in [1.807, 2.05) is 0 Å². The molecule has 0 radical (unpaired) electrons. The highest BCUT2D eigenvalue weighted by Crippen LogP contribution is 2.24. The van der Waals surface area contributed by atoms with Crippen LogP contribution in [0.5, 0.6) is 0 Å². The molecule has 0 heterocycles. The van der Waals surface area contributed by atoms with Crippen LogP contribution in [0.1, 0.15) is 255 Å². The molecule has 0 fully saturated rings. The summed E-state index contributed by atoms with van der Waals surface area (Å²) in [6.07, 6.45) is 28.1. The Morgan fingerprint density at radius 3 is 0.802 bits per heavy atom. The van der Waals surface area contributed by atoms with Gasteiger partial charge in [0, 0.05) is 73.7 Å². The van der Waals surface area contributed by atoms with E-state index >= 15 is 0 Å². The number of amides is 6. The van der Waals surface area contributed by atoms with E-state index < -0.39 is 47.5 Å². The van der Waals surface area contributed by atoms with Gasteiger partial charge in [-0.05, 0) is 229 Å². The standard InChI is InChI=1S/C81H122N6O14/c1-58(2)22-18-26-62(9)42-48-98-78(94)38-34-74(90)84-68-52-66(53-69(56-68)85-75(91)35-39-79(95)99-49-43-63(10)27-19-23-59(3)4)30-32-72(88)82-46-16-14-13-15-17-47-83-73(89)33-31-67-54-70(86-76(92)36-40-80(96)100-50-44-64(11)28-20-24-60(5)6)57-71(55-67)87-77(93)37-41-81(97)101-51-45-65(12)29-21-25-61(7)8/h22-25,30-33,52-57,62-65H,13-21,26-29,34-51H2,1-12H3,(H,82,88)(H,83,89)(H,84,90)(H,85,91)(H,86,92)(H,87,93)/b32-30+,33-31+. The fourth-order valence-corrected chi connectivity index (χ4v) is 10.2. The molecule has 20 heteroatoms. The molecule has 0 bridgehead atoms. The third-order valence-electron chi connectivity index (χ3n) is 16.4. The summed E-state index contributed by atoms with van der Waals surface area (Å²) < 4.78 is 21.6. The molecule has 0 spiro atoms. The Morgan fingerprint density at radius 1 is 0.327 bits per heavy atom. The molecule has 2 aromatic carbocycles. The molecule has 2 aromatic rings. The first-order valence-electron chi connectivity index (χ1n) is 36.7. The fraction of sp³-hybridized carbons (Fsp3) is 0.580. The summed E-state index contributed by atoms with van der Waals surface area (Å²) in [6, 6.07) is 9.64. The lowest BCUT2D eigenvalue weighted by molar-refractivity contribution is -0.145. The van der Waals surface area contributed by atoms with Gasteiger partial charge in [0.1, 0.15) is 0 Å². The molecule has 6 amide bonds. The molecule has 2 rings (SSSR count). The Balaban J connectivity index is 1.98. The van der Waals surface area contributed by atoms with Gasteiger partial charge in [0.15, 0.2) is 0 Å². The van der Waals surface area contributed by atoms with E-state index in [4.69, 9.17) is 18.9 Å². The largest absolute Gasteiger partial charge is 0.466 e. The first kappa shape index (κ1) is 88.7. The summed E-state index contributed by atoms with van der Waals surface area (Å²) in [7, 11) is 0. The summed E-state index contributed by atoms with van der Waals surface area (Å²) in [6.45, 7) is 26.8. The number of hydrogen-bond donors (Lipinski definition) is 6. The van der Waals surface area contributed by atoms with Crippen LogP contribution in [0, 0.1) is 23.7 Å². The van der Waals surface area contributed by atoms with Gasteiger partial charge in [0.25, 0.3) is 0 Å². The maximum atomic E-state index is 13.1. The Hall–Kier alpha value is -8.42. The third-order valence-corrected chi connectivity index (χ3v) is 16.4. The van der Waals surface area contributed by atoms with Crippen molar-refractivity contribution >= 4 is 94.2 Å². The van der Waals surface area contributed by atoms with Gasteiger partial charge >= 0.3 is 23.9 Å². The smallest absolute Gasteiger partial charge is 0.306 e. The molecule has 6 N–H and O–H groups in total. The number of esters is 4. The highest BCUT2D eigenvalue weighted by atomic mass is 16.5. The van der Waals surface area contributed by atoms with Crippen LogP contribution in [0.15, 0.2) is 95.1 Å². The number of unbranched alkanes of at least 4 members (excludes halogenated alkanes) is 4. The van der Waals surface area contributed by atoms with Gasteiger partial charge in [-0.2, -0.15) is 0 Å². The number of nitrogens with one attached hydrogen (secondary N) is 6. The molecular weight excluding hydrogens is 1280 g/mol. The molecule has 20 nitrogen and oxygen atoms in total. The summed E-state index contributed by atoms with van der Waals surface area (Å²) >= 11 is 0. The van der Waals surface area contributed by atoms with Crippen molar-refractivity contribution in [2.45, 2.75) is 244 Å². The molecule has 0 aliphatic carbocycles. The van der Waals surface area contributed by atoms with Gasteiger partial charge < -0.3 is 50.8 Å². The number of carbonyl (C=O) groups excluding carboxylic acids is 10. The zero-order valence-corrected chi connectivity index (χ0v) is 63.0. The van der Waals surface area contributed by atoms with Crippen molar-refractivity contribution in [3.8, 4) is 0 Å². The average Bonchev–Trinajstić information content (AvgIpc) is 0.872. The normalized spacial score (nSPS) is 12.2. The number of carbonyl (C=O) groups is 10. The number of rotatable bonds is 52. The zero-order chi connectivity index (χ0) is 74.7. The second-order valence-electron chi connectivity index (χ2n) is 27.8.